The number of hydrogen-bond donors (Lipinski definition) is 1. The first-order valence-corrected chi connectivity index (χ1v) is 9.91. The second kappa shape index (κ2) is 9.14. The van der Waals surface area contributed by atoms with E-state index in [0.717, 1.165) is 24.6 Å². The number of nitrogens with one attached hydrogen (secondary N) is 1. The van der Waals surface area contributed by atoms with Crippen molar-refractivity contribution in [2.45, 2.75) is 32.7 Å². The SMILES string of the molecule is C[C@@H]1CCCN(c2ccc([C@H](C)NC(=O)COc3ccc(Cl)cc3)cc2)C1. The summed E-state index contributed by atoms with van der Waals surface area (Å²) in [5.41, 5.74) is 2.35. The first-order valence-electron chi connectivity index (χ1n) is 9.54. The van der Waals surface area contributed by atoms with Crippen molar-refractivity contribution in [1.29, 1.82) is 0 Å². The van der Waals surface area contributed by atoms with Crippen molar-refractivity contribution >= 4 is 23.2 Å². The third kappa shape index (κ3) is 5.64. The van der Waals surface area contributed by atoms with Crippen molar-refractivity contribution in [3.05, 3.63) is 59.1 Å². The molecule has 1 amide bonds. The lowest BCUT2D eigenvalue weighted by Crippen LogP contribution is -2.34. The molecule has 1 aliphatic heterocycles. The molecule has 1 aliphatic rings. The molecule has 2 aromatic rings. The van der Waals surface area contributed by atoms with Crippen molar-refractivity contribution in [1.82, 2.24) is 5.32 Å². The Labute approximate surface area is 166 Å². The molecule has 5 heteroatoms. The maximum atomic E-state index is 12.1. The van der Waals surface area contributed by atoms with Crippen molar-refractivity contribution < 1.29 is 9.53 Å². The lowest BCUT2D eigenvalue weighted by molar-refractivity contribution is -0.123. The molecule has 0 saturated carbocycles. The van der Waals surface area contributed by atoms with Gasteiger partial charge < -0.3 is 15.0 Å². The monoisotopic (exact) mass is 386 g/mol. The Morgan fingerprint density at radius 3 is 2.59 bits per heavy atom. The second-order valence-corrected chi connectivity index (χ2v) is 7.75. The quantitative estimate of drug-likeness (QED) is 0.772. The predicted octanol–water partition coefficient (Wildman–Crippen LogP) is 4.83. The Bertz CT molecular complexity index is 746. The summed E-state index contributed by atoms with van der Waals surface area (Å²) in [5, 5.41) is 3.62. The van der Waals surface area contributed by atoms with Crippen LogP contribution in [0.5, 0.6) is 5.75 Å². The van der Waals surface area contributed by atoms with Gasteiger partial charge in [-0.05, 0) is 67.6 Å². The highest BCUT2D eigenvalue weighted by molar-refractivity contribution is 6.30. The number of hydrogen-bond acceptors (Lipinski definition) is 3. The van der Waals surface area contributed by atoms with Crippen LogP contribution in [0, 0.1) is 5.92 Å². The number of rotatable bonds is 6. The average molecular weight is 387 g/mol. The molecule has 1 N–H and O–H groups in total. The van der Waals surface area contributed by atoms with Gasteiger partial charge in [0.1, 0.15) is 5.75 Å². The molecule has 4 nitrogen and oxygen atoms in total. The van der Waals surface area contributed by atoms with Gasteiger partial charge in [0.05, 0.1) is 6.04 Å². The zero-order chi connectivity index (χ0) is 19.2. The van der Waals surface area contributed by atoms with E-state index in [0.29, 0.717) is 10.8 Å². The second-order valence-electron chi connectivity index (χ2n) is 7.32. The van der Waals surface area contributed by atoms with Crippen LogP contribution in [-0.2, 0) is 4.79 Å². The Hall–Kier alpha value is -2.20. The lowest BCUT2D eigenvalue weighted by Gasteiger charge is -2.33. The smallest absolute Gasteiger partial charge is 0.258 e. The summed E-state index contributed by atoms with van der Waals surface area (Å²) in [6, 6.07) is 15.4. The van der Waals surface area contributed by atoms with E-state index in [4.69, 9.17) is 16.3 Å². The number of halogens is 1. The molecule has 2 aromatic carbocycles. The zero-order valence-corrected chi connectivity index (χ0v) is 16.7. The fourth-order valence-electron chi connectivity index (χ4n) is 3.44. The molecule has 27 heavy (non-hydrogen) atoms. The Morgan fingerprint density at radius 2 is 1.93 bits per heavy atom. The summed E-state index contributed by atoms with van der Waals surface area (Å²) in [7, 11) is 0. The van der Waals surface area contributed by atoms with Crippen LogP contribution in [-0.4, -0.2) is 25.6 Å². The normalized spacial score (nSPS) is 18.0. The standard InChI is InChI=1S/C22H27ClN2O2/c1-16-4-3-13-25(14-16)20-9-5-18(6-10-20)17(2)24-22(26)15-27-21-11-7-19(23)8-12-21/h5-12,16-17H,3-4,13-15H2,1-2H3,(H,24,26)/t16-,17+/m1/s1. The summed E-state index contributed by atoms with van der Waals surface area (Å²) < 4.78 is 5.49. The summed E-state index contributed by atoms with van der Waals surface area (Å²) >= 11 is 5.84. The minimum absolute atomic E-state index is 0.0181. The molecular formula is C22H27ClN2O2. The molecule has 1 fully saturated rings. The van der Waals surface area contributed by atoms with Gasteiger partial charge in [-0.25, -0.2) is 0 Å². The number of benzene rings is 2. The molecular weight excluding hydrogens is 360 g/mol. The van der Waals surface area contributed by atoms with Gasteiger partial charge in [-0.1, -0.05) is 30.7 Å². The molecule has 0 aliphatic carbocycles. The number of carbonyl (C=O) groups excluding carboxylic acids is 1. The number of ether oxygens (including phenoxy) is 1. The van der Waals surface area contributed by atoms with Gasteiger partial charge in [0.15, 0.2) is 6.61 Å². The first kappa shape index (κ1) is 19.6. The van der Waals surface area contributed by atoms with Crippen molar-refractivity contribution in [3.63, 3.8) is 0 Å². The van der Waals surface area contributed by atoms with Crippen LogP contribution in [0.1, 0.15) is 38.3 Å². The molecule has 2 atom stereocenters. The number of carbonyl (C=O) groups is 1. The topological polar surface area (TPSA) is 41.6 Å². The Morgan fingerprint density at radius 1 is 1.22 bits per heavy atom. The van der Waals surface area contributed by atoms with E-state index in [-0.39, 0.29) is 18.6 Å². The summed E-state index contributed by atoms with van der Waals surface area (Å²) in [4.78, 5) is 14.6. The zero-order valence-electron chi connectivity index (χ0n) is 16.0. The average Bonchev–Trinajstić information content (AvgIpc) is 2.67. The van der Waals surface area contributed by atoms with Crippen molar-refractivity contribution in [2.75, 3.05) is 24.6 Å². The molecule has 144 valence electrons. The van der Waals surface area contributed by atoms with Gasteiger partial charge in [-0.3, -0.25) is 4.79 Å². The molecule has 0 aromatic heterocycles. The first-order chi connectivity index (χ1) is 13.0. The number of amides is 1. The number of piperidine rings is 1. The van der Waals surface area contributed by atoms with Crippen molar-refractivity contribution in [3.8, 4) is 5.75 Å². The molecule has 0 radical (unpaired) electrons. The van der Waals surface area contributed by atoms with Gasteiger partial charge in [0.25, 0.3) is 5.91 Å². The van der Waals surface area contributed by atoms with Gasteiger partial charge >= 0.3 is 0 Å². The van der Waals surface area contributed by atoms with E-state index < -0.39 is 0 Å². The van der Waals surface area contributed by atoms with Gasteiger partial charge in [0.2, 0.25) is 0 Å². The lowest BCUT2D eigenvalue weighted by atomic mass is 9.99. The van der Waals surface area contributed by atoms with E-state index in [1.165, 1.54) is 18.5 Å². The van der Waals surface area contributed by atoms with E-state index in [1.807, 2.05) is 6.92 Å². The highest BCUT2D eigenvalue weighted by atomic mass is 35.5. The largest absolute Gasteiger partial charge is 0.484 e. The molecule has 3 rings (SSSR count). The summed E-state index contributed by atoms with van der Waals surface area (Å²) in [6.45, 7) is 6.52. The molecule has 0 bridgehead atoms. The van der Waals surface area contributed by atoms with Crippen LogP contribution in [0.3, 0.4) is 0 Å². The molecule has 1 saturated heterocycles. The van der Waals surface area contributed by atoms with E-state index >= 15 is 0 Å². The van der Waals surface area contributed by atoms with Crippen LogP contribution in [0.4, 0.5) is 5.69 Å². The van der Waals surface area contributed by atoms with Gasteiger partial charge in [-0.2, -0.15) is 0 Å². The highest BCUT2D eigenvalue weighted by Crippen LogP contribution is 2.24. The fraction of sp³-hybridized carbons (Fsp3) is 0.409. The van der Waals surface area contributed by atoms with Crippen LogP contribution >= 0.6 is 11.6 Å². The summed E-state index contributed by atoms with van der Waals surface area (Å²) in [6.07, 6.45) is 2.57. The molecule has 0 unspecified atom stereocenters. The van der Waals surface area contributed by atoms with Crippen LogP contribution in [0.2, 0.25) is 5.02 Å². The fourth-order valence-corrected chi connectivity index (χ4v) is 3.57. The Kier molecular flexibility index (Phi) is 6.62. The third-order valence-electron chi connectivity index (χ3n) is 4.98. The predicted molar refractivity (Wildman–Crippen MR) is 111 cm³/mol. The maximum absolute atomic E-state index is 12.1. The Balaban J connectivity index is 1.50. The van der Waals surface area contributed by atoms with Gasteiger partial charge in [0, 0.05) is 23.8 Å². The minimum Gasteiger partial charge on any atom is -0.484 e. The highest BCUT2D eigenvalue weighted by Gasteiger charge is 2.17. The summed E-state index contributed by atoms with van der Waals surface area (Å²) in [5.74, 6) is 1.23. The van der Waals surface area contributed by atoms with Crippen molar-refractivity contribution in [2.24, 2.45) is 5.92 Å². The maximum Gasteiger partial charge on any atom is 0.258 e. The van der Waals surface area contributed by atoms with Crippen LogP contribution in [0.25, 0.3) is 0 Å². The van der Waals surface area contributed by atoms with E-state index in [9.17, 15) is 4.79 Å². The number of anilines is 1. The molecule has 1 heterocycles. The van der Waals surface area contributed by atoms with Gasteiger partial charge in [-0.15, -0.1) is 0 Å². The minimum atomic E-state index is -0.147. The van der Waals surface area contributed by atoms with E-state index in [1.54, 1.807) is 24.3 Å². The number of nitrogens with zero attached hydrogens (tertiary/aromatic N) is 1. The third-order valence-corrected chi connectivity index (χ3v) is 5.23. The van der Waals surface area contributed by atoms with Crippen LogP contribution in [0.15, 0.2) is 48.5 Å². The van der Waals surface area contributed by atoms with E-state index in [2.05, 4.69) is 41.4 Å². The van der Waals surface area contributed by atoms with Crippen LogP contribution < -0.4 is 15.0 Å². The molecule has 0 spiro atoms.